The molecule has 1 aliphatic heterocycles. The van der Waals surface area contributed by atoms with Crippen LogP contribution in [0.15, 0.2) is 0 Å². The molecule has 3 N–H and O–H groups in total. The summed E-state index contributed by atoms with van der Waals surface area (Å²) in [6.07, 6.45) is 1.20. The standard InChI is InChI=1S/C9H20N4/c1-2-12-4-3-5-13(7-6-12)8-9(10)11/h2-8H2,1H3,(H3,10,11). The molecule has 4 heteroatoms. The Morgan fingerprint density at radius 2 is 1.85 bits per heavy atom. The monoisotopic (exact) mass is 184 g/mol. The zero-order valence-electron chi connectivity index (χ0n) is 8.42. The van der Waals surface area contributed by atoms with Gasteiger partial charge >= 0.3 is 0 Å². The molecular formula is C9H20N4. The summed E-state index contributed by atoms with van der Waals surface area (Å²) in [6, 6.07) is 0. The number of nitrogens with zero attached hydrogens (tertiary/aromatic N) is 2. The second-order valence-electron chi connectivity index (χ2n) is 3.59. The highest BCUT2D eigenvalue weighted by molar-refractivity contribution is 5.78. The normalized spacial score (nSPS) is 21.3. The molecule has 0 amide bonds. The molecule has 0 unspecified atom stereocenters. The molecule has 76 valence electrons. The quantitative estimate of drug-likeness (QED) is 0.477. The number of nitrogens with one attached hydrogen (secondary N) is 1. The van der Waals surface area contributed by atoms with E-state index in [1.807, 2.05) is 0 Å². The van der Waals surface area contributed by atoms with E-state index >= 15 is 0 Å². The Morgan fingerprint density at radius 3 is 2.46 bits per heavy atom. The Balaban J connectivity index is 2.31. The molecule has 4 nitrogen and oxygen atoms in total. The first-order chi connectivity index (χ1) is 6.22. The number of hydrogen-bond acceptors (Lipinski definition) is 3. The highest BCUT2D eigenvalue weighted by Crippen LogP contribution is 2.01. The third kappa shape index (κ3) is 3.74. The number of likely N-dealkylation sites (N-methyl/N-ethyl adjacent to an activating group) is 1. The second-order valence-corrected chi connectivity index (χ2v) is 3.59. The molecule has 0 aromatic heterocycles. The van der Waals surface area contributed by atoms with Crippen molar-refractivity contribution < 1.29 is 0 Å². The summed E-state index contributed by atoms with van der Waals surface area (Å²) < 4.78 is 0. The van der Waals surface area contributed by atoms with Crippen molar-refractivity contribution in [1.82, 2.24) is 9.80 Å². The molecule has 0 saturated carbocycles. The zero-order chi connectivity index (χ0) is 9.68. The molecule has 1 aliphatic rings. The molecular weight excluding hydrogens is 164 g/mol. The van der Waals surface area contributed by atoms with E-state index in [2.05, 4.69) is 16.7 Å². The minimum atomic E-state index is 0.282. The third-order valence-electron chi connectivity index (χ3n) is 2.52. The highest BCUT2D eigenvalue weighted by Gasteiger charge is 2.13. The molecule has 0 aromatic carbocycles. The van der Waals surface area contributed by atoms with Crippen LogP contribution >= 0.6 is 0 Å². The summed E-state index contributed by atoms with van der Waals surface area (Å²) in [5.74, 6) is 0.282. The van der Waals surface area contributed by atoms with Crippen molar-refractivity contribution >= 4 is 5.84 Å². The fourth-order valence-electron chi connectivity index (χ4n) is 1.74. The fraction of sp³-hybridized carbons (Fsp3) is 0.889. The van der Waals surface area contributed by atoms with Crippen LogP contribution in [0, 0.1) is 5.41 Å². The van der Waals surface area contributed by atoms with Crippen LogP contribution in [0.5, 0.6) is 0 Å². The lowest BCUT2D eigenvalue weighted by atomic mass is 10.4. The Bertz CT molecular complexity index is 169. The molecule has 0 spiro atoms. The van der Waals surface area contributed by atoms with Crippen LogP contribution < -0.4 is 5.73 Å². The van der Waals surface area contributed by atoms with E-state index in [1.165, 1.54) is 13.0 Å². The molecule has 0 aromatic rings. The van der Waals surface area contributed by atoms with E-state index in [1.54, 1.807) is 0 Å². The average Bonchev–Trinajstić information content (AvgIpc) is 2.29. The van der Waals surface area contributed by atoms with E-state index in [4.69, 9.17) is 11.1 Å². The van der Waals surface area contributed by atoms with Crippen LogP contribution in [0.25, 0.3) is 0 Å². The molecule has 0 bridgehead atoms. The predicted molar refractivity (Wildman–Crippen MR) is 55.1 cm³/mol. The van der Waals surface area contributed by atoms with Gasteiger partial charge in [0.1, 0.15) is 5.84 Å². The van der Waals surface area contributed by atoms with Crippen molar-refractivity contribution in [2.75, 3.05) is 39.3 Å². The molecule has 1 rings (SSSR count). The molecule has 1 heterocycles. The Hall–Kier alpha value is -0.610. The zero-order valence-corrected chi connectivity index (χ0v) is 8.42. The first-order valence-electron chi connectivity index (χ1n) is 5.00. The highest BCUT2D eigenvalue weighted by atomic mass is 15.2. The van der Waals surface area contributed by atoms with Crippen LogP contribution in [0.2, 0.25) is 0 Å². The van der Waals surface area contributed by atoms with Crippen LogP contribution in [-0.4, -0.2) is 54.9 Å². The van der Waals surface area contributed by atoms with Gasteiger partial charge in [-0.15, -0.1) is 0 Å². The lowest BCUT2D eigenvalue weighted by Gasteiger charge is -2.19. The maximum atomic E-state index is 7.22. The summed E-state index contributed by atoms with van der Waals surface area (Å²) in [7, 11) is 0. The van der Waals surface area contributed by atoms with Crippen molar-refractivity contribution in [3.05, 3.63) is 0 Å². The molecule has 0 atom stereocenters. The van der Waals surface area contributed by atoms with Gasteiger partial charge in [-0.05, 0) is 26.1 Å². The van der Waals surface area contributed by atoms with Gasteiger partial charge in [0.15, 0.2) is 0 Å². The number of amidine groups is 1. The SMILES string of the molecule is CCN1CCCN(CC(=N)N)CC1. The van der Waals surface area contributed by atoms with Crippen molar-refractivity contribution in [3.63, 3.8) is 0 Å². The van der Waals surface area contributed by atoms with E-state index in [-0.39, 0.29) is 5.84 Å². The van der Waals surface area contributed by atoms with Gasteiger partial charge in [-0.2, -0.15) is 0 Å². The van der Waals surface area contributed by atoms with Gasteiger partial charge in [0.25, 0.3) is 0 Å². The summed E-state index contributed by atoms with van der Waals surface area (Å²) in [5.41, 5.74) is 5.37. The van der Waals surface area contributed by atoms with Gasteiger partial charge in [0, 0.05) is 13.1 Å². The molecule has 1 fully saturated rings. The summed E-state index contributed by atoms with van der Waals surface area (Å²) in [6.45, 7) is 8.39. The number of hydrogen-bond donors (Lipinski definition) is 2. The third-order valence-corrected chi connectivity index (χ3v) is 2.52. The Labute approximate surface area is 80.2 Å². The molecule has 1 saturated heterocycles. The lowest BCUT2D eigenvalue weighted by molar-refractivity contribution is 0.281. The summed E-state index contributed by atoms with van der Waals surface area (Å²) in [4.78, 5) is 4.71. The first kappa shape index (κ1) is 10.5. The number of nitrogens with two attached hydrogens (primary N) is 1. The molecule has 0 radical (unpaired) electrons. The second kappa shape index (κ2) is 5.19. The Morgan fingerprint density at radius 1 is 1.23 bits per heavy atom. The van der Waals surface area contributed by atoms with Crippen molar-refractivity contribution in [2.45, 2.75) is 13.3 Å². The van der Waals surface area contributed by atoms with Gasteiger partial charge in [-0.25, -0.2) is 0 Å². The minimum absolute atomic E-state index is 0.282. The van der Waals surface area contributed by atoms with Gasteiger partial charge in [0.05, 0.1) is 6.54 Å². The molecule has 13 heavy (non-hydrogen) atoms. The van der Waals surface area contributed by atoms with Gasteiger partial charge in [-0.1, -0.05) is 6.92 Å². The van der Waals surface area contributed by atoms with E-state index < -0.39 is 0 Å². The number of rotatable bonds is 3. The smallest absolute Gasteiger partial charge is 0.105 e. The van der Waals surface area contributed by atoms with Crippen molar-refractivity contribution in [3.8, 4) is 0 Å². The van der Waals surface area contributed by atoms with Gasteiger partial charge < -0.3 is 10.6 Å². The summed E-state index contributed by atoms with van der Waals surface area (Å²) >= 11 is 0. The van der Waals surface area contributed by atoms with E-state index in [9.17, 15) is 0 Å². The topological polar surface area (TPSA) is 56.4 Å². The van der Waals surface area contributed by atoms with Crippen molar-refractivity contribution in [1.29, 1.82) is 5.41 Å². The average molecular weight is 184 g/mol. The van der Waals surface area contributed by atoms with Crippen molar-refractivity contribution in [2.24, 2.45) is 5.73 Å². The van der Waals surface area contributed by atoms with E-state index in [0.717, 1.165) is 26.2 Å². The largest absolute Gasteiger partial charge is 0.387 e. The minimum Gasteiger partial charge on any atom is -0.387 e. The Kier molecular flexibility index (Phi) is 4.18. The maximum absolute atomic E-state index is 7.22. The fourth-order valence-corrected chi connectivity index (χ4v) is 1.74. The predicted octanol–water partition coefficient (Wildman–Crippen LogP) is -0.0500. The van der Waals surface area contributed by atoms with Gasteiger partial charge in [-0.3, -0.25) is 10.3 Å². The maximum Gasteiger partial charge on any atom is 0.105 e. The lowest BCUT2D eigenvalue weighted by Crippen LogP contribution is -2.36. The van der Waals surface area contributed by atoms with Crippen LogP contribution in [0.4, 0.5) is 0 Å². The molecule has 0 aliphatic carbocycles. The van der Waals surface area contributed by atoms with Gasteiger partial charge in [0.2, 0.25) is 0 Å². The van der Waals surface area contributed by atoms with E-state index in [0.29, 0.717) is 6.54 Å². The van der Waals surface area contributed by atoms with Crippen LogP contribution in [0.3, 0.4) is 0 Å². The van der Waals surface area contributed by atoms with Crippen LogP contribution in [0.1, 0.15) is 13.3 Å². The summed E-state index contributed by atoms with van der Waals surface area (Å²) in [5, 5.41) is 7.22. The first-order valence-corrected chi connectivity index (χ1v) is 5.00. The van der Waals surface area contributed by atoms with Crippen LogP contribution in [-0.2, 0) is 0 Å².